The Kier molecular flexibility index (Phi) is 5.87. The Hall–Kier alpha value is -2.71. The van der Waals surface area contributed by atoms with Crippen molar-refractivity contribution >= 4 is 5.97 Å². The maximum absolute atomic E-state index is 11.7. The van der Waals surface area contributed by atoms with Gasteiger partial charge in [-0.3, -0.25) is 4.79 Å². The number of carbonyl (C=O) groups excluding carboxylic acids is 1. The number of methoxy groups -OCH3 is 1. The number of aliphatic hydroxyl groups is 1. The number of carbonyl (C=O) groups is 1. The maximum Gasteiger partial charge on any atom is 0.303 e. The Balaban J connectivity index is 1.82. The van der Waals surface area contributed by atoms with Gasteiger partial charge in [0.1, 0.15) is 29.0 Å². The van der Waals surface area contributed by atoms with Crippen molar-refractivity contribution in [1.29, 1.82) is 0 Å². The number of hydrogen-bond acceptors (Lipinski definition) is 5. The van der Waals surface area contributed by atoms with Crippen molar-refractivity contribution in [3.8, 4) is 28.9 Å². The fourth-order valence-corrected chi connectivity index (χ4v) is 4.44. The largest absolute Gasteiger partial charge is 0.497 e. The van der Waals surface area contributed by atoms with Gasteiger partial charge in [0, 0.05) is 18.9 Å². The molecule has 1 atom stereocenters. The van der Waals surface area contributed by atoms with Gasteiger partial charge >= 0.3 is 5.97 Å². The number of hydrogen-bond donors (Lipinski definition) is 1. The SMILES string of the molecule is COc1ccc(-c2oc3c(c2C#CC2(O)CCCCC2)C(OC(C)=O)CCC3)cc1. The highest BCUT2D eigenvalue weighted by Crippen LogP contribution is 2.42. The molecule has 1 heterocycles. The molecular weight excluding hydrogens is 380 g/mol. The zero-order chi connectivity index (χ0) is 21.1. The van der Waals surface area contributed by atoms with Crippen LogP contribution in [0, 0.1) is 11.8 Å². The monoisotopic (exact) mass is 408 g/mol. The van der Waals surface area contributed by atoms with Crippen LogP contribution in [0.5, 0.6) is 5.75 Å². The minimum absolute atomic E-state index is 0.315. The molecule has 5 heteroatoms. The molecule has 0 spiro atoms. The standard InChI is InChI=1S/C25H28O5/c1-17(26)29-21-7-6-8-22-23(21)20(13-16-25(27)14-4-3-5-15-25)24(30-22)18-9-11-19(28-2)12-10-18/h9-12,21,27H,3-8,14-15H2,1-2H3. The van der Waals surface area contributed by atoms with Crippen LogP contribution in [-0.2, 0) is 16.0 Å². The number of esters is 1. The second-order valence-electron chi connectivity index (χ2n) is 8.20. The highest BCUT2D eigenvalue weighted by molar-refractivity contribution is 5.71. The van der Waals surface area contributed by atoms with Gasteiger partial charge in [0.15, 0.2) is 0 Å². The van der Waals surface area contributed by atoms with Crippen molar-refractivity contribution < 1.29 is 23.8 Å². The predicted molar refractivity (Wildman–Crippen MR) is 113 cm³/mol. The molecule has 5 nitrogen and oxygen atoms in total. The summed E-state index contributed by atoms with van der Waals surface area (Å²) in [6.45, 7) is 1.43. The van der Waals surface area contributed by atoms with E-state index >= 15 is 0 Å². The van der Waals surface area contributed by atoms with Gasteiger partial charge in [-0.2, -0.15) is 0 Å². The van der Waals surface area contributed by atoms with Crippen LogP contribution in [0.2, 0.25) is 0 Å². The lowest BCUT2D eigenvalue weighted by atomic mass is 9.84. The van der Waals surface area contributed by atoms with Gasteiger partial charge in [0.25, 0.3) is 0 Å². The average molecular weight is 408 g/mol. The van der Waals surface area contributed by atoms with Crippen LogP contribution in [0.3, 0.4) is 0 Å². The number of ether oxygens (including phenoxy) is 2. The van der Waals surface area contributed by atoms with E-state index in [9.17, 15) is 9.90 Å². The molecule has 1 aromatic heterocycles. The van der Waals surface area contributed by atoms with Crippen molar-refractivity contribution in [3.63, 3.8) is 0 Å². The maximum atomic E-state index is 11.7. The lowest BCUT2D eigenvalue weighted by molar-refractivity contribution is -0.147. The third-order valence-electron chi connectivity index (χ3n) is 5.98. The first-order valence-corrected chi connectivity index (χ1v) is 10.7. The zero-order valence-corrected chi connectivity index (χ0v) is 17.6. The molecule has 2 aliphatic carbocycles. The second-order valence-corrected chi connectivity index (χ2v) is 8.20. The van der Waals surface area contributed by atoms with E-state index in [2.05, 4.69) is 11.8 Å². The van der Waals surface area contributed by atoms with Crippen molar-refractivity contribution in [2.75, 3.05) is 7.11 Å². The van der Waals surface area contributed by atoms with Gasteiger partial charge in [0.2, 0.25) is 0 Å². The molecule has 4 rings (SSSR count). The molecule has 0 amide bonds. The Labute approximate surface area is 177 Å². The van der Waals surface area contributed by atoms with E-state index in [0.717, 1.165) is 66.7 Å². The molecule has 1 saturated carbocycles. The van der Waals surface area contributed by atoms with Crippen LogP contribution in [-0.4, -0.2) is 23.8 Å². The van der Waals surface area contributed by atoms with Gasteiger partial charge < -0.3 is 19.0 Å². The summed E-state index contributed by atoms with van der Waals surface area (Å²) in [5, 5.41) is 10.9. The van der Waals surface area contributed by atoms with Crippen molar-refractivity contribution in [2.24, 2.45) is 0 Å². The summed E-state index contributed by atoms with van der Waals surface area (Å²) in [4.78, 5) is 11.7. The number of rotatable bonds is 3. The van der Waals surface area contributed by atoms with E-state index in [1.165, 1.54) is 6.92 Å². The number of fused-ring (bicyclic) bond motifs is 1. The quantitative estimate of drug-likeness (QED) is 0.575. The first-order valence-electron chi connectivity index (χ1n) is 10.7. The van der Waals surface area contributed by atoms with E-state index in [1.54, 1.807) is 7.11 Å². The molecule has 30 heavy (non-hydrogen) atoms. The lowest BCUT2D eigenvalue weighted by Gasteiger charge is -2.26. The average Bonchev–Trinajstić information content (AvgIpc) is 3.12. The lowest BCUT2D eigenvalue weighted by Crippen LogP contribution is -2.29. The number of aryl methyl sites for hydroxylation is 1. The fraction of sp³-hybridized carbons (Fsp3) is 0.480. The normalized spacial score (nSPS) is 19.9. The Morgan fingerprint density at radius 2 is 1.90 bits per heavy atom. The molecule has 158 valence electrons. The molecule has 1 fully saturated rings. The van der Waals surface area contributed by atoms with Gasteiger partial charge in [-0.15, -0.1) is 0 Å². The van der Waals surface area contributed by atoms with Crippen LogP contribution in [0.15, 0.2) is 28.7 Å². The summed E-state index contributed by atoms with van der Waals surface area (Å²) < 4.78 is 17.1. The van der Waals surface area contributed by atoms with Gasteiger partial charge in [-0.05, 0) is 62.8 Å². The van der Waals surface area contributed by atoms with Crippen LogP contribution < -0.4 is 4.74 Å². The number of furan rings is 1. The molecule has 2 aromatic rings. The fourth-order valence-electron chi connectivity index (χ4n) is 4.44. The van der Waals surface area contributed by atoms with E-state index in [1.807, 2.05) is 24.3 Å². The Bertz CT molecular complexity index is 967. The topological polar surface area (TPSA) is 68.9 Å². The summed E-state index contributed by atoms with van der Waals surface area (Å²) in [6, 6.07) is 7.63. The van der Waals surface area contributed by atoms with Gasteiger partial charge in [-0.1, -0.05) is 18.3 Å². The minimum Gasteiger partial charge on any atom is -0.497 e. The van der Waals surface area contributed by atoms with Gasteiger partial charge in [0.05, 0.1) is 18.2 Å². The van der Waals surface area contributed by atoms with E-state index in [-0.39, 0.29) is 12.1 Å². The third-order valence-corrected chi connectivity index (χ3v) is 5.98. The summed E-state index contributed by atoms with van der Waals surface area (Å²) in [5.74, 6) is 8.31. The summed E-state index contributed by atoms with van der Waals surface area (Å²) in [5.41, 5.74) is 1.49. The van der Waals surface area contributed by atoms with Crippen LogP contribution in [0.25, 0.3) is 11.3 Å². The van der Waals surface area contributed by atoms with Gasteiger partial charge in [-0.25, -0.2) is 0 Å². The third kappa shape index (κ3) is 4.24. The molecule has 0 aliphatic heterocycles. The summed E-state index contributed by atoms with van der Waals surface area (Å²) >= 11 is 0. The second kappa shape index (κ2) is 8.57. The smallest absolute Gasteiger partial charge is 0.303 e. The molecule has 1 aromatic carbocycles. The first-order chi connectivity index (χ1) is 14.5. The molecule has 2 aliphatic rings. The van der Waals surface area contributed by atoms with Crippen molar-refractivity contribution in [1.82, 2.24) is 0 Å². The minimum atomic E-state index is -0.967. The zero-order valence-electron chi connectivity index (χ0n) is 17.6. The Morgan fingerprint density at radius 3 is 2.57 bits per heavy atom. The molecule has 1 unspecified atom stereocenters. The summed E-state index contributed by atoms with van der Waals surface area (Å²) in [6.07, 6.45) is 6.51. The molecule has 0 bridgehead atoms. The Morgan fingerprint density at radius 1 is 1.17 bits per heavy atom. The molecule has 0 radical (unpaired) electrons. The van der Waals surface area contributed by atoms with E-state index < -0.39 is 5.60 Å². The van der Waals surface area contributed by atoms with E-state index in [4.69, 9.17) is 13.9 Å². The summed E-state index contributed by atoms with van der Waals surface area (Å²) in [7, 11) is 1.63. The van der Waals surface area contributed by atoms with E-state index in [0.29, 0.717) is 18.6 Å². The molecule has 0 saturated heterocycles. The van der Waals surface area contributed by atoms with Crippen LogP contribution >= 0.6 is 0 Å². The predicted octanol–water partition coefficient (Wildman–Crippen LogP) is 4.94. The highest BCUT2D eigenvalue weighted by Gasteiger charge is 2.33. The highest BCUT2D eigenvalue weighted by atomic mass is 16.5. The molecule has 1 N–H and O–H groups in total. The van der Waals surface area contributed by atoms with Crippen molar-refractivity contribution in [2.45, 2.75) is 70.0 Å². The molecular formula is C25H28O5. The number of benzene rings is 1. The van der Waals surface area contributed by atoms with Crippen LogP contribution in [0.1, 0.15) is 74.9 Å². The van der Waals surface area contributed by atoms with Crippen molar-refractivity contribution in [3.05, 3.63) is 41.2 Å². The van der Waals surface area contributed by atoms with Crippen LogP contribution in [0.4, 0.5) is 0 Å². The first kappa shape index (κ1) is 20.6.